The van der Waals surface area contributed by atoms with Gasteiger partial charge in [-0.05, 0) is 44.6 Å². The number of halogens is 2. The second-order valence-corrected chi connectivity index (χ2v) is 5.93. The molecule has 0 spiro atoms. The van der Waals surface area contributed by atoms with Crippen molar-refractivity contribution in [2.24, 2.45) is 0 Å². The molecule has 3 nitrogen and oxygen atoms in total. The number of rotatable bonds is 2. The molecular weight excluding hydrogens is 281 g/mol. The Morgan fingerprint density at radius 1 is 1.42 bits per heavy atom. The Bertz CT molecular complexity index is 594. The van der Waals surface area contributed by atoms with Crippen molar-refractivity contribution in [1.82, 2.24) is 14.5 Å². The van der Waals surface area contributed by atoms with Crippen LogP contribution in [0.25, 0.3) is 11.0 Å². The largest absolute Gasteiger partial charge is 0.323 e. The van der Waals surface area contributed by atoms with E-state index in [0.29, 0.717) is 11.9 Å². The lowest BCUT2D eigenvalue weighted by Gasteiger charge is -2.31. The molecule has 5 heteroatoms. The maximum absolute atomic E-state index is 6.07. The van der Waals surface area contributed by atoms with Crippen LogP contribution in [-0.4, -0.2) is 34.6 Å². The standard InChI is InChI=1S/C14H17Cl2N3/c1-18-6-2-3-11(9-18)19-13-5-4-10(16)7-12(13)17-14(19)8-15/h4-5,7,11H,2-3,6,8-9H2,1H3. The first kappa shape index (κ1) is 13.2. The van der Waals surface area contributed by atoms with Crippen molar-refractivity contribution in [3.63, 3.8) is 0 Å². The quantitative estimate of drug-likeness (QED) is 0.788. The molecule has 102 valence electrons. The number of fused-ring (bicyclic) bond motifs is 1. The molecule has 3 rings (SSSR count). The van der Waals surface area contributed by atoms with E-state index in [1.165, 1.54) is 19.4 Å². The molecule has 0 saturated carbocycles. The van der Waals surface area contributed by atoms with Crippen LogP contribution in [0.2, 0.25) is 5.02 Å². The molecule has 2 aromatic rings. The summed E-state index contributed by atoms with van der Waals surface area (Å²) in [5.41, 5.74) is 2.08. The number of benzene rings is 1. The first-order chi connectivity index (χ1) is 9.19. The van der Waals surface area contributed by atoms with Gasteiger partial charge in [0, 0.05) is 17.6 Å². The second-order valence-electron chi connectivity index (χ2n) is 5.22. The molecule has 0 bridgehead atoms. The number of imidazole rings is 1. The topological polar surface area (TPSA) is 21.1 Å². The van der Waals surface area contributed by atoms with Crippen LogP contribution in [0.3, 0.4) is 0 Å². The molecule has 1 aromatic carbocycles. The third-order valence-corrected chi connectivity index (χ3v) is 4.28. The molecule has 0 N–H and O–H groups in total. The molecule has 1 aliphatic heterocycles. The SMILES string of the molecule is CN1CCCC(n2c(CCl)nc3cc(Cl)ccc32)C1. The zero-order valence-electron chi connectivity index (χ0n) is 10.9. The van der Waals surface area contributed by atoms with Gasteiger partial charge >= 0.3 is 0 Å². The van der Waals surface area contributed by atoms with E-state index in [1.807, 2.05) is 12.1 Å². The number of likely N-dealkylation sites (tertiary alicyclic amines) is 1. The van der Waals surface area contributed by atoms with Crippen LogP contribution in [0.4, 0.5) is 0 Å². The molecule has 0 radical (unpaired) electrons. The summed E-state index contributed by atoms with van der Waals surface area (Å²) in [5, 5.41) is 0.721. The third-order valence-electron chi connectivity index (χ3n) is 3.81. The molecular formula is C14H17Cl2N3. The van der Waals surface area contributed by atoms with Crippen molar-refractivity contribution in [3.05, 3.63) is 29.0 Å². The molecule has 1 aliphatic rings. The average Bonchev–Trinajstić information content (AvgIpc) is 2.76. The second kappa shape index (κ2) is 5.31. The van der Waals surface area contributed by atoms with Crippen molar-refractivity contribution in [2.45, 2.75) is 24.8 Å². The maximum Gasteiger partial charge on any atom is 0.125 e. The average molecular weight is 298 g/mol. The van der Waals surface area contributed by atoms with Crippen LogP contribution in [0.1, 0.15) is 24.7 Å². The van der Waals surface area contributed by atoms with Crippen LogP contribution in [-0.2, 0) is 5.88 Å². The summed E-state index contributed by atoms with van der Waals surface area (Å²) in [5.74, 6) is 1.38. The predicted octanol–water partition coefficient (Wildman–Crippen LogP) is 3.70. The Hall–Kier alpha value is -0.770. The Labute approximate surface area is 123 Å². The van der Waals surface area contributed by atoms with E-state index in [1.54, 1.807) is 0 Å². The first-order valence-corrected chi connectivity index (χ1v) is 7.51. The fourth-order valence-electron chi connectivity index (χ4n) is 2.97. The number of piperidine rings is 1. The van der Waals surface area contributed by atoms with Crippen LogP contribution < -0.4 is 0 Å². The molecule has 2 heterocycles. The molecule has 0 amide bonds. The smallest absolute Gasteiger partial charge is 0.125 e. The highest BCUT2D eigenvalue weighted by molar-refractivity contribution is 6.31. The molecule has 0 aliphatic carbocycles. The number of hydrogen-bond acceptors (Lipinski definition) is 2. The highest BCUT2D eigenvalue weighted by atomic mass is 35.5. The number of aromatic nitrogens is 2. The summed E-state index contributed by atoms with van der Waals surface area (Å²) < 4.78 is 2.30. The number of nitrogens with zero attached hydrogens (tertiary/aromatic N) is 3. The zero-order valence-corrected chi connectivity index (χ0v) is 12.5. The number of hydrogen-bond donors (Lipinski definition) is 0. The van der Waals surface area contributed by atoms with Crippen molar-refractivity contribution < 1.29 is 0 Å². The maximum atomic E-state index is 6.07. The first-order valence-electron chi connectivity index (χ1n) is 6.60. The number of likely N-dealkylation sites (N-methyl/N-ethyl adjacent to an activating group) is 1. The van der Waals surface area contributed by atoms with Crippen LogP contribution in [0.5, 0.6) is 0 Å². The molecule has 1 atom stereocenters. The minimum absolute atomic E-state index is 0.437. The van der Waals surface area contributed by atoms with Crippen molar-refractivity contribution >= 4 is 34.2 Å². The third kappa shape index (κ3) is 2.47. The Morgan fingerprint density at radius 3 is 3.00 bits per heavy atom. The number of alkyl halides is 1. The van der Waals surface area contributed by atoms with Gasteiger partial charge in [0.1, 0.15) is 5.82 Å². The highest BCUT2D eigenvalue weighted by Crippen LogP contribution is 2.29. The molecule has 1 unspecified atom stereocenters. The summed E-state index contributed by atoms with van der Waals surface area (Å²) in [7, 11) is 2.17. The van der Waals surface area contributed by atoms with Gasteiger partial charge in [0.2, 0.25) is 0 Å². The van der Waals surface area contributed by atoms with E-state index in [-0.39, 0.29) is 0 Å². The Kier molecular flexibility index (Phi) is 3.70. The van der Waals surface area contributed by atoms with Gasteiger partial charge in [-0.1, -0.05) is 11.6 Å². The van der Waals surface area contributed by atoms with Gasteiger partial charge in [-0.15, -0.1) is 11.6 Å². The van der Waals surface area contributed by atoms with E-state index in [9.17, 15) is 0 Å². The molecule has 1 fully saturated rings. The van der Waals surface area contributed by atoms with Gasteiger partial charge in [0.25, 0.3) is 0 Å². The van der Waals surface area contributed by atoms with Crippen LogP contribution in [0, 0.1) is 0 Å². The zero-order chi connectivity index (χ0) is 13.4. The van der Waals surface area contributed by atoms with Crippen LogP contribution in [0.15, 0.2) is 18.2 Å². The van der Waals surface area contributed by atoms with E-state index in [4.69, 9.17) is 23.2 Å². The summed E-state index contributed by atoms with van der Waals surface area (Å²) in [4.78, 5) is 6.99. The van der Waals surface area contributed by atoms with Gasteiger partial charge in [-0.3, -0.25) is 0 Å². The van der Waals surface area contributed by atoms with E-state index >= 15 is 0 Å². The van der Waals surface area contributed by atoms with Crippen molar-refractivity contribution in [2.75, 3.05) is 20.1 Å². The van der Waals surface area contributed by atoms with E-state index < -0.39 is 0 Å². The lowest BCUT2D eigenvalue weighted by Crippen LogP contribution is -2.34. The lowest BCUT2D eigenvalue weighted by atomic mass is 10.1. The molecule has 1 saturated heterocycles. The van der Waals surface area contributed by atoms with Gasteiger partial charge in [-0.2, -0.15) is 0 Å². The summed E-state index contributed by atoms with van der Waals surface area (Å²) in [6.45, 7) is 2.23. The predicted molar refractivity (Wildman–Crippen MR) is 80.1 cm³/mol. The normalized spacial score (nSPS) is 21.1. The summed E-state index contributed by atoms with van der Waals surface area (Å²) in [6, 6.07) is 6.34. The monoisotopic (exact) mass is 297 g/mol. The fourth-order valence-corrected chi connectivity index (χ4v) is 3.33. The van der Waals surface area contributed by atoms with Crippen molar-refractivity contribution in [3.8, 4) is 0 Å². The van der Waals surface area contributed by atoms with Crippen molar-refractivity contribution in [1.29, 1.82) is 0 Å². The molecule has 19 heavy (non-hydrogen) atoms. The van der Waals surface area contributed by atoms with Crippen LogP contribution >= 0.6 is 23.2 Å². The van der Waals surface area contributed by atoms with E-state index in [0.717, 1.165) is 28.4 Å². The van der Waals surface area contributed by atoms with Gasteiger partial charge in [0.15, 0.2) is 0 Å². The minimum Gasteiger partial charge on any atom is -0.323 e. The van der Waals surface area contributed by atoms with Gasteiger partial charge < -0.3 is 9.47 Å². The van der Waals surface area contributed by atoms with Gasteiger partial charge in [0.05, 0.1) is 16.9 Å². The summed E-state index contributed by atoms with van der Waals surface area (Å²) in [6.07, 6.45) is 2.40. The highest BCUT2D eigenvalue weighted by Gasteiger charge is 2.23. The lowest BCUT2D eigenvalue weighted by molar-refractivity contribution is 0.213. The summed E-state index contributed by atoms with van der Waals surface area (Å²) >= 11 is 12.1. The minimum atomic E-state index is 0.437. The fraction of sp³-hybridized carbons (Fsp3) is 0.500. The molecule has 1 aromatic heterocycles. The Morgan fingerprint density at radius 2 is 2.26 bits per heavy atom. The van der Waals surface area contributed by atoms with E-state index in [2.05, 4.69) is 27.6 Å². The van der Waals surface area contributed by atoms with Gasteiger partial charge in [-0.25, -0.2) is 4.98 Å². The Balaban J connectivity index is 2.10.